The number of rotatable bonds is 6. The Bertz CT molecular complexity index is 2260. The lowest BCUT2D eigenvalue weighted by atomic mass is 9.78. The molecule has 8 rings (SSSR count). The van der Waals surface area contributed by atoms with Gasteiger partial charge in [0.1, 0.15) is 11.2 Å². The van der Waals surface area contributed by atoms with Gasteiger partial charge in [-0.15, -0.1) is 0 Å². The van der Waals surface area contributed by atoms with Crippen LogP contribution in [0.25, 0.3) is 43.8 Å². The Kier molecular flexibility index (Phi) is 6.50. The molecule has 45 heavy (non-hydrogen) atoms. The Morgan fingerprint density at radius 3 is 1.76 bits per heavy atom. The van der Waals surface area contributed by atoms with E-state index in [1.165, 1.54) is 38.4 Å². The number of anilines is 3. The van der Waals surface area contributed by atoms with Crippen molar-refractivity contribution >= 4 is 49.8 Å². The van der Waals surface area contributed by atoms with E-state index in [4.69, 9.17) is 4.42 Å². The van der Waals surface area contributed by atoms with Crippen LogP contribution in [0.3, 0.4) is 0 Å². The number of fused-ring (bicyclic) bond motifs is 5. The summed E-state index contributed by atoms with van der Waals surface area (Å²) in [7, 11) is 0. The van der Waals surface area contributed by atoms with Gasteiger partial charge in [0.2, 0.25) is 0 Å². The standard InChI is InChI=1S/C43H33NO/c1-43(2,33-14-7-4-8-15-33)34-20-24-36(25-21-34)44(35-22-17-31(18-23-35)30-11-5-3-6-12-30)37-26-27-39-41(29-37)45-40-28-19-32-13-9-10-16-38(32)42(39)40/h3-29H,1-2H3. The Morgan fingerprint density at radius 1 is 0.444 bits per heavy atom. The van der Waals surface area contributed by atoms with Crippen molar-refractivity contribution in [3.05, 3.63) is 175 Å². The fraction of sp³-hybridized carbons (Fsp3) is 0.0698. The molecule has 0 aliphatic heterocycles. The van der Waals surface area contributed by atoms with Crippen molar-refractivity contribution in [3.8, 4) is 11.1 Å². The fourth-order valence-corrected chi connectivity index (χ4v) is 6.60. The highest BCUT2D eigenvalue weighted by atomic mass is 16.3. The molecule has 7 aromatic carbocycles. The Hall–Kier alpha value is -5.60. The highest BCUT2D eigenvalue weighted by Gasteiger charge is 2.24. The molecule has 1 aromatic heterocycles. The van der Waals surface area contributed by atoms with E-state index in [0.29, 0.717) is 0 Å². The maximum Gasteiger partial charge on any atom is 0.137 e. The zero-order valence-corrected chi connectivity index (χ0v) is 25.4. The lowest BCUT2D eigenvalue weighted by molar-refractivity contribution is 0.641. The van der Waals surface area contributed by atoms with Crippen LogP contribution >= 0.6 is 0 Å². The van der Waals surface area contributed by atoms with Gasteiger partial charge in [0.15, 0.2) is 0 Å². The van der Waals surface area contributed by atoms with Gasteiger partial charge in [0.25, 0.3) is 0 Å². The second-order valence-electron chi connectivity index (χ2n) is 12.2. The van der Waals surface area contributed by atoms with Crippen LogP contribution in [0.1, 0.15) is 25.0 Å². The summed E-state index contributed by atoms with van der Waals surface area (Å²) in [5.41, 5.74) is 9.88. The molecule has 0 radical (unpaired) electrons. The molecular weight excluding hydrogens is 546 g/mol. The topological polar surface area (TPSA) is 16.4 Å². The summed E-state index contributed by atoms with van der Waals surface area (Å²) in [4.78, 5) is 2.32. The first-order valence-electron chi connectivity index (χ1n) is 15.5. The Labute approximate surface area is 263 Å². The largest absolute Gasteiger partial charge is 0.456 e. The van der Waals surface area contributed by atoms with Crippen LogP contribution in [0.2, 0.25) is 0 Å². The summed E-state index contributed by atoms with van der Waals surface area (Å²) in [5.74, 6) is 0. The van der Waals surface area contributed by atoms with Crippen molar-refractivity contribution in [1.82, 2.24) is 0 Å². The van der Waals surface area contributed by atoms with E-state index in [0.717, 1.165) is 33.6 Å². The molecule has 0 aliphatic rings. The van der Waals surface area contributed by atoms with E-state index in [2.05, 4.69) is 183 Å². The lowest BCUT2D eigenvalue weighted by Gasteiger charge is -2.29. The van der Waals surface area contributed by atoms with Crippen LogP contribution in [0.5, 0.6) is 0 Å². The minimum atomic E-state index is -0.113. The van der Waals surface area contributed by atoms with Gasteiger partial charge in [-0.2, -0.15) is 0 Å². The molecule has 0 N–H and O–H groups in total. The number of benzene rings is 7. The Balaban J connectivity index is 1.25. The molecule has 0 saturated heterocycles. The molecule has 0 unspecified atom stereocenters. The molecule has 2 heteroatoms. The SMILES string of the molecule is CC(C)(c1ccccc1)c1ccc(N(c2ccc(-c3ccccc3)cc2)c2ccc3c(c2)oc2ccc4ccccc4c23)cc1. The van der Waals surface area contributed by atoms with Crippen LogP contribution < -0.4 is 4.90 Å². The molecule has 0 saturated carbocycles. The number of hydrogen-bond donors (Lipinski definition) is 0. The minimum absolute atomic E-state index is 0.113. The second kappa shape index (κ2) is 10.8. The van der Waals surface area contributed by atoms with Gasteiger partial charge < -0.3 is 9.32 Å². The monoisotopic (exact) mass is 579 g/mol. The molecule has 2 nitrogen and oxygen atoms in total. The third-order valence-electron chi connectivity index (χ3n) is 9.18. The lowest BCUT2D eigenvalue weighted by Crippen LogP contribution is -2.19. The van der Waals surface area contributed by atoms with Crippen molar-refractivity contribution in [2.24, 2.45) is 0 Å². The number of hydrogen-bond acceptors (Lipinski definition) is 2. The molecule has 0 fully saturated rings. The molecule has 0 amide bonds. The molecule has 216 valence electrons. The maximum atomic E-state index is 6.49. The normalized spacial score (nSPS) is 11.8. The maximum absolute atomic E-state index is 6.49. The quantitative estimate of drug-likeness (QED) is 0.195. The van der Waals surface area contributed by atoms with Gasteiger partial charge in [-0.05, 0) is 75.5 Å². The molecule has 0 aliphatic carbocycles. The van der Waals surface area contributed by atoms with Gasteiger partial charge in [-0.1, -0.05) is 129 Å². The van der Waals surface area contributed by atoms with E-state index < -0.39 is 0 Å². The van der Waals surface area contributed by atoms with Gasteiger partial charge in [0, 0.05) is 39.3 Å². The van der Waals surface area contributed by atoms with E-state index >= 15 is 0 Å². The summed E-state index contributed by atoms with van der Waals surface area (Å²) in [6.07, 6.45) is 0. The molecule has 0 bridgehead atoms. The second-order valence-corrected chi connectivity index (χ2v) is 12.2. The van der Waals surface area contributed by atoms with Crippen molar-refractivity contribution in [3.63, 3.8) is 0 Å². The predicted octanol–water partition coefficient (Wildman–Crippen LogP) is 12.2. The van der Waals surface area contributed by atoms with E-state index in [1.807, 2.05) is 0 Å². The van der Waals surface area contributed by atoms with Crippen molar-refractivity contribution in [1.29, 1.82) is 0 Å². The van der Waals surface area contributed by atoms with Gasteiger partial charge in [-0.3, -0.25) is 0 Å². The first-order chi connectivity index (χ1) is 22.1. The van der Waals surface area contributed by atoms with Crippen molar-refractivity contribution in [2.75, 3.05) is 4.90 Å². The molecule has 0 spiro atoms. The van der Waals surface area contributed by atoms with Gasteiger partial charge >= 0.3 is 0 Å². The zero-order valence-electron chi connectivity index (χ0n) is 25.4. The average Bonchev–Trinajstić information content (AvgIpc) is 3.48. The number of nitrogens with zero attached hydrogens (tertiary/aromatic N) is 1. The first kappa shape index (κ1) is 27.0. The predicted molar refractivity (Wildman–Crippen MR) is 190 cm³/mol. The van der Waals surface area contributed by atoms with Crippen LogP contribution in [-0.4, -0.2) is 0 Å². The summed E-state index contributed by atoms with van der Waals surface area (Å²) in [6, 6.07) is 58.4. The average molecular weight is 580 g/mol. The van der Waals surface area contributed by atoms with E-state index in [9.17, 15) is 0 Å². The van der Waals surface area contributed by atoms with Crippen molar-refractivity contribution in [2.45, 2.75) is 19.3 Å². The third-order valence-corrected chi connectivity index (χ3v) is 9.18. The molecular formula is C43H33NO. The molecule has 0 atom stereocenters. The van der Waals surface area contributed by atoms with Crippen LogP contribution in [0.15, 0.2) is 168 Å². The number of furan rings is 1. The summed E-state index contributed by atoms with van der Waals surface area (Å²) in [6.45, 7) is 4.58. The highest BCUT2D eigenvalue weighted by Crippen LogP contribution is 2.41. The summed E-state index contributed by atoms with van der Waals surface area (Å²) < 4.78 is 6.49. The van der Waals surface area contributed by atoms with E-state index in [1.54, 1.807) is 0 Å². The molecule has 1 heterocycles. The van der Waals surface area contributed by atoms with Crippen molar-refractivity contribution < 1.29 is 4.42 Å². The highest BCUT2D eigenvalue weighted by molar-refractivity contribution is 6.19. The zero-order chi connectivity index (χ0) is 30.4. The first-order valence-corrected chi connectivity index (χ1v) is 15.5. The smallest absolute Gasteiger partial charge is 0.137 e. The van der Waals surface area contributed by atoms with Crippen LogP contribution in [0.4, 0.5) is 17.1 Å². The van der Waals surface area contributed by atoms with Crippen LogP contribution in [0, 0.1) is 0 Å². The Morgan fingerprint density at radius 2 is 1.02 bits per heavy atom. The van der Waals surface area contributed by atoms with E-state index in [-0.39, 0.29) is 5.41 Å². The summed E-state index contributed by atoms with van der Waals surface area (Å²) >= 11 is 0. The minimum Gasteiger partial charge on any atom is -0.456 e. The molecule has 8 aromatic rings. The van der Waals surface area contributed by atoms with Crippen LogP contribution in [-0.2, 0) is 5.41 Å². The van der Waals surface area contributed by atoms with Gasteiger partial charge in [-0.25, -0.2) is 0 Å². The third kappa shape index (κ3) is 4.76. The fourth-order valence-electron chi connectivity index (χ4n) is 6.60. The van der Waals surface area contributed by atoms with Gasteiger partial charge in [0.05, 0.1) is 0 Å². The summed E-state index contributed by atoms with van der Waals surface area (Å²) in [5, 5.41) is 4.73.